The van der Waals surface area contributed by atoms with Gasteiger partial charge in [0.1, 0.15) is 5.75 Å². The van der Waals surface area contributed by atoms with Crippen LogP contribution in [0.2, 0.25) is 0 Å². The molecule has 6 nitrogen and oxygen atoms in total. The summed E-state index contributed by atoms with van der Waals surface area (Å²) in [6.45, 7) is 8.19. The van der Waals surface area contributed by atoms with Crippen LogP contribution in [0.3, 0.4) is 0 Å². The Morgan fingerprint density at radius 1 is 0.938 bits per heavy atom. The van der Waals surface area contributed by atoms with Crippen molar-refractivity contribution in [1.29, 1.82) is 0 Å². The van der Waals surface area contributed by atoms with Crippen LogP contribution in [0.25, 0.3) is 0 Å². The van der Waals surface area contributed by atoms with E-state index < -0.39 is 10.0 Å². The number of carbonyl (C=O) groups is 1. The lowest BCUT2D eigenvalue weighted by molar-refractivity contribution is 0.0950. The van der Waals surface area contributed by atoms with Crippen LogP contribution >= 0.6 is 0 Å². The van der Waals surface area contributed by atoms with Crippen LogP contribution < -0.4 is 14.8 Å². The fraction of sp³-hybridized carbons (Fsp3) is 0.240. The average Bonchev–Trinajstić information content (AvgIpc) is 2.76. The molecule has 1 amide bonds. The van der Waals surface area contributed by atoms with Gasteiger partial charge < -0.3 is 10.1 Å². The van der Waals surface area contributed by atoms with Crippen molar-refractivity contribution in [3.8, 4) is 5.75 Å². The molecule has 0 fully saturated rings. The molecule has 0 heterocycles. The van der Waals surface area contributed by atoms with Crippen LogP contribution in [0, 0.1) is 20.8 Å². The molecule has 0 saturated heterocycles. The molecule has 0 saturated carbocycles. The number of hydrogen-bond donors (Lipinski definition) is 2. The van der Waals surface area contributed by atoms with Gasteiger partial charge in [0, 0.05) is 17.7 Å². The van der Waals surface area contributed by atoms with E-state index in [1.807, 2.05) is 51.1 Å². The second-order valence-corrected chi connectivity index (χ2v) is 9.21. The SMILES string of the molecule is CCOc1ccccc1CNC(=O)c1ccc(C)c(S(=O)(=O)Nc2cccc(C)c2C)c1. The van der Waals surface area contributed by atoms with Gasteiger partial charge in [-0.25, -0.2) is 8.42 Å². The minimum absolute atomic E-state index is 0.0702. The van der Waals surface area contributed by atoms with Crippen molar-refractivity contribution < 1.29 is 17.9 Å². The lowest BCUT2D eigenvalue weighted by atomic mass is 10.1. The van der Waals surface area contributed by atoms with Gasteiger partial charge in [0.15, 0.2) is 0 Å². The highest BCUT2D eigenvalue weighted by molar-refractivity contribution is 7.92. The van der Waals surface area contributed by atoms with Crippen molar-refractivity contribution >= 4 is 21.6 Å². The van der Waals surface area contributed by atoms with Gasteiger partial charge in [0.25, 0.3) is 15.9 Å². The Kier molecular flexibility index (Phi) is 7.20. The summed E-state index contributed by atoms with van der Waals surface area (Å²) < 4.78 is 34.4. The van der Waals surface area contributed by atoms with Gasteiger partial charge >= 0.3 is 0 Å². The first-order chi connectivity index (χ1) is 15.2. The smallest absolute Gasteiger partial charge is 0.262 e. The van der Waals surface area contributed by atoms with Crippen LogP contribution in [0.15, 0.2) is 65.6 Å². The third kappa shape index (κ3) is 5.29. The molecule has 32 heavy (non-hydrogen) atoms. The van der Waals surface area contributed by atoms with Crippen molar-refractivity contribution in [2.24, 2.45) is 0 Å². The molecule has 0 unspecified atom stereocenters. The first-order valence-corrected chi connectivity index (χ1v) is 11.9. The highest BCUT2D eigenvalue weighted by Gasteiger charge is 2.20. The summed E-state index contributed by atoms with van der Waals surface area (Å²) in [6, 6.07) is 17.6. The van der Waals surface area contributed by atoms with Gasteiger partial charge in [-0.3, -0.25) is 9.52 Å². The molecule has 3 aromatic rings. The molecule has 0 atom stereocenters. The molecule has 3 aromatic carbocycles. The zero-order valence-electron chi connectivity index (χ0n) is 18.7. The number of hydrogen-bond acceptors (Lipinski definition) is 4. The number of carbonyl (C=O) groups excluding carboxylic acids is 1. The number of benzene rings is 3. The van der Waals surface area contributed by atoms with Gasteiger partial charge in [0.2, 0.25) is 0 Å². The minimum Gasteiger partial charge on any atom is -0.494 e. The third-order valence-electron chi connectivity index (χ3n) is 5.30. The predicted molar refractivity (Wildman–Crippen MR) is 127 cm³/mol. The van der Waals surface area contributed by atoms with Gasteiger partial charge in [-0.05, 0) is 68.7 Å². The van der Waals surface area contributed by atoms with E-state index in [-0.39, 0.29) is 22.9 Å². The standard InChI is InChI=1S/C25H28N2O4S/c1-5-31-23-12-7-6-10-21(23)16-26-25(28)20-14-13-18(3)24(15-20)32(29,30)27-22-11-8-9-17(2)19(22)4/h6-15,27H,5,16H2,1-4H3,(H,26,28). The lowest BCUT2D eigenvalue weighted by Gasteiger charge is -2.15. The van der Waals surface area contributed by atoms with Crippen molar-refractivity contribution in [2.75, 3.05) is 11.3 Å². The van der Waals surface area contributed by atoms with E-state index in [4.69, 9.17) is 4.74 Å². The fourth-order valence-electron chi connectivity index (χ4n) is 3.32. The topological polar surface area (TPSA) is 84.5 Å². The summed E-state index contributed by atoms with van der Waals surface area (Å²) in [4.78, 5) is 12.8. The predicted octanol–water partition coefficient (Wildman–Crippen LogP) is 4.74. The summed E-state index contributed by atoms with van der Waals surface area (Å²) in [5.41, 5.74) is 4.04. The number of para-hydroxylation sites is 1. The molecule has 0 radical (unpaired) electrons. The minimum atomic E-state index is -3.87. The van der Waals surface area contributed by atoms with Crippen LogP contribution in [-0.2, 0) is 16.6 Å². The fourth-order valence-corrected chi connectivity index (χ4v) is 4.71. The molecule has 7 heteroatoms. The highest BCUT2D eigenvalue weighted by atomic mass is 32.2. The van der Waals surface area contributed by atoms with E-state index in [9.17, 15) is 13.2 Å². The zero-order valence-corrected chi connectivity index (χ0v) is 19.5. The summed E-state index contributed by atoms with van der Waals surface area (Å²) >= 11 is 0. The van der Waals surface area contributed by atoms with Crippen molar-refractivity contribution in [3.05, 3.63) is 88.5 Å². The molecule has 0 aliphatic carbocycles. The normalized spacial score (nSPS) is 11.1. The molecular formula is C25H28N2O4S. The molecule has 0 aliphatic heterocycles. The number of ether oxygens (including phenoxy) is 1. The molecule has 2 N–H and O–H groups in total. The van der Waals surface area contributed by atoms with E-state index in [0.29, 0.717) is 23.6 Å². The van der Waals surface area contributed by atoms with Crippen LogP contribution in [0.1, 0.15) is 39.5 Å². The number of amides is 1. The first kappa shape index (κ1) is 23.3. The maximum atomic E-state index is 13.1. The lowest BCUT2D eigenvalue weighted by Crippen LogP contribution is -2.24. The van der Waals surface area contributed by atoms with Crippen molar-refractivity contribution in [1.82, 2.24) is 5.32 Å². The van der Waals surface area contributed by atoms with E-state index >= 15 is 0 Å². The van der Waals surface area contributed by atoms with E-state index in [1.54, 1.807) is 31.2 Å². The molecule has 3 rings (SSSR count). The van der Waals surface area contributed by atoms with Crippen LogP contribution in [-0.4, -0.2) is 20.9 Å². The molecular weight excluding hydrogens is 424 g/mol. The summed E-state index contributed by atoms with van der Waals surface area (Å²) in [7, 11) is -3.87. The first-order valence-electron chi connectivity index (χ1n) is 10.4. The van der Waals surface area contributed by atoms with Crippen molar-refractivity contribution in [3.63, 3.8) is 0 Å². The molecule has 0 bridgehead atoms. The third-order valence-corrected chi connectivity index (χ3v) is 6.81. The Balaban J connectivity index is 1.82. The summed E-state index contributed by atoms with van der Waals surface area (Å²) in [6.07, 6.45) is 0. The number of nitrogens with one attached hydrogen (secondary N) is 2. The Morgan fingerprint density at radius 2 is 1.69 bits per heavy atom. The maximum absolute atomic E-state index is 13.1. The highest BCUT2D eigenvalue weighted by Crippen LogP contribution is 2.25. The molecule has 0 aromatic heterocycles. The summed E-state index contributed by atoms with van der Waals surface area (Å²) in [5.74, 6) is 0.347. The zero-order chi connectivity index (χ0) is 23.3. The number of sulfonamides is 1. The maximum Gasteiger partial charge on any atom is 0.262 e. The van der Waals surface area contributed by atoms with Crippen LogP contribution in [0.4, 0.5) is 5.69 Å². The number of rotatable bonds is 8. The Morgan fingerprint density at radius 3 is 2.44 bits per heavy atom. The van der Waals surface area contributed by atoms with E-state index in [2.05, 4.69) is 10.0 Å². The molecule has 168 valence electrons. The van der Waals surface area contributed by atoms with Gasteiger partial charge in [-0.15, -0.1) is 0 Å². The van der Waals surface area contributed by atoms with E-state index in [0.717, 1.165) is 16.7 Å². The second-order valence-electron chi connectivity index (χ2n) is 7.56. The van der Waals surface area contributed by atoms with Gasteiger partial charge in [-0.2, -0.15) is 0 Å². The molecule has 0 aliphatic rings. The Labute approximate surface area is 189 Å². The number of aryl methyl sites for hydroxylation is 2. The van der Waals surface area contributed by atoms with Crippen molar-refractivity contribution in [2.45, 2.75) is 39.1 Å². The Hall–Kier alpha value is -3.32. The van der Waals surface area contributed by atoms with E-state index in [1.165, 1.54) is 6.07 Å². The summed E-state index contributed by atoms with van der Waals surface area (Å²) in [5, 5.41) is 2.84. The monoisotopic (exact) mass is 452 g/mol. The average molecular weight is 453 g/mol. The number of anilines is 1. The largest absolute Gasteiger partial charge is 0.494 e. The Bertz CT molecular complexity index is 1240. The molecule has 0 spiro atoms. The quantitative estimate of drug-likeness (QED) is 0.517. The van der Waals surface area contributed by atoms with Gasteiger partial charge in [-0.1, -0.05) is 36.4 Å². The van der Waals surface area contributed by atoms with Crippen LogP contribution in [0.5, 0.6) is 5.75 Å². The second kappa shape index (κ2) is 9.87. The van der Waals surface area contributed by atoms with Gasteiger partial charge in [0.05, 0.1) is 17.2 Å².